The lowest BCUT2D eigenvalue weighted by molar-refractivity contribution is -0.131. The fourth-order valence-corrected chi connectivity index (χ4v) is 0.539. The molecule has 1 aliphatic heterocycles. The van der Waals surface area contributed by atoms with Gasteiger partial charge in [-0.05, 0) is 0 Å². The molecule has 0 radical (unpaired) electrons. The van der Waals surface area contributed by atoms with Gasteiger partial charge in [0.2, 0.25) is 0 Å². The van der Waals surface area contributed by atoms with Gasteiger partial charge >= 0.3 is 0 Å². The minimum atomic E-state index is -0.449. The molecule has 1 rings (SSSR count). The molecule has 0 aromatic heterocycles. The second-order valence-electron chi connectivity index (χ2n) is 1.51. The van der Waals surface area contributed by atoms with Crippen LogP contribution in [0.4, 0.5) is 0 Å². The van der Waals surface area contributed by atoms with E-state index in [-0.39, 0.29) is 0 Å². The molecule has 4 heteroatoms. The van der Waals surface area contributed by atoms with Crippen LogP contribution in [-0.4, -0.2) is 23.1 Å². The van der Waals surface area contributed by atoms with E-state index >= 15 is 0 Å². The summed E-state index contributed by atoms with van der Waals surface area (Å²) in [5.41, 5.74) is 0. The summed E-state index contributed by atoms with van der Waals surface area (Å²) in [6, 6.07) is 0. The van der Waals surface area contributed by atoms with E-state index in [0.717, 1.165) is 17.1 Å². The first kappa shape index (κ1) is 5.68. The zero-order chi connectivity index (χ0) is 6.85. The Bertz CT molecular complexity index is 189. The van der Waals surface area contributed by atoms with Crippen molar-refractivity contribution in [2.75, 3.05) is 0 Å². The number of rotatable bonds is 1. The predicted octanol–water partition coefficient (Wildman–Crippen LogP) is -0.482. The highest BCUT2D eigenvalue weighted by molar-refractivity contribution is 6.19. The minimum Gasteiger partial charge on any atom is -0.291 e. The smallest absolute Gasteiger partial charge is 0.258 e. The SMILES string of the molecule is N=CN1C(=O)C=CC1=O. The second-order valence-corrected chi connectivity index (χ2v) is 1.51. The number of imide groups is 1. The number of amides is 2. The van der Waals surface area contributed by atoms with Crippen molar-refractivity contribution in [3.63, 3.8) is 0 Å². The summed E-state index contributed by atoms with van der Waals surface area (Å²) in [5, 5.41) is 6.58. The predicted molar refractivity (Wildman–Crippen MR) is 29.8 cm³/mol. The number of nitrogens with zero attached hydrogens (tertiary/aromatic N) is 1. The van der Waals surface area contributed by atoms with Crippen LogP contribution in [0.15, 0.2) is 12.2 Å². The van der Waals surface area contributed by atoms with Crippen molar-refractivity contribution in [1.82, 2.24) is 4.90 Å². The minimum absolute atomic E-state index is 0.449. The Morgan fingerprint density at radius 2 is 1.78 bits per heavy atom. The van der Waals surface area contributed by atoms with Gasteiger partial charge in [-0.3, -0.25) is 15.0 Å². The monoisotopic (exact) mass is 124 g/mol. The Labute approximate surface area is 51.3 Å². The summed E-state index contributed by atoms with van der Waals surface area (Å²) >= 11 is 0. The maximum atomic E-state index is 10.5. The van der Waals surface area contributed by atoms with Gasteiger partial charge < -0.3 is 0 Å². The van der Waals surface area contributed by atoms with E-state index in [1.54, 1.807) is 0 Å². The molecule has 0 bridgehead atoms. The number of hydrogen-bond acceptors (Lipinski definition) is 3. The number of nitrogens with one attached hydrogen (secondary N) is 1. The van der Waals surface area contributed by atoms with Crippen LogP contribution < -0.4 is 0 Å². The zero-order valence-corrected chi connectivity index (χ0v) is 4.50. The summed E-state index contributed by atoms with van der Waals surface area (Å²) < 4.78 is 0. The average Bonchev–Trinajstić information content (AvgIpc) is 2.12. The molecule has 0 aliphatic carbocycles. The molecule has 0 saturated heterocycles. The number of hydrogen-bond donors (Lipinski definition) is 1. The maximum absolute atomic E-state index is 10.5. The van der Waals surface area contributed by atoms with Crippen LogP contribution in [0.3, 0.4) is 0 Å². The number of carbonyl (C=O) groups is 2. The summed E-state index contributed by atoms with van der Waals surface area (Å²) in [7, 11) is 0. The van der Waals surface area contributed by atoms with Crippen molar-refractivity contribution in [2.24, 2.45) is 0 Å². The topological polar surface area (TPSA) is 61.2 Å². The largest absolute Gasteiger partial charge is 0.291 e. The van der Waals surface area contributed by atoms with E-state index in [9.17, 15) is 9.59 Å². The zero-order valence-electron chi connectivity index (χ0n) is 4.50. The first-order valence-electron chi connectivity index (χ1n) is 2.31. The molecule has 46 valence electrons. The fourth-order valence-electron chi connectivity index (χ4n) is 0.539. The Morgan fingerprint density at radius 1 is 1.33 bits per heavy atom. The molecule has 1 aliphatic rings. The lowest BCUT2D eigenvalue weighted by Gasteiger charge is -2.01. The molecular weight excluding hydrogens is 120 g/mol. The Hall–Kier alpha value is -1.45. The van der Waals surface area contributed by atoms with E-state index in [4.69, 9.17) is 5.41 Å². The standard InChI is InChI=1S/C5H4N2O2/c6-3-7-4(8)1-2-5(7)9/h1-3,6H. The molecule has 0 aromatic carbocycles. The van der Waals surface area contributed by atoms with Crippen LogP contribution in [0.1, 0.15) is 0 Å². The molecule has 2 amide bonds. The molecule has 0 aromatic rings. The Kier molecular flexibility index (Phi) is 1.14. The second kappa shape index (κ2) is 1.81. The Balaban J connectivity index is 2.87. The van der Waals surface area contributed by atoms with Crippen molar-refractivity contribution in [3.8, 4) is 0 Å². The lowest BCUT2D eigenvalue weighted by atomic mass is 10.6. The van der Waals surface area contributed by atoms with Crippen molar-refractivity contribution < 1.29 is 9.59 Å². The third kappa shape index (κ3) is 0.739. The highest BCUT2D eigenvalue weighted by Gasteiger charge is 2.20. The van der Waals surface area contributed by atoms with E-state index < -0.39 is 11.8 Å². The first-order chi connectivity index (χ1) is 4.25. The van der Waals surface area contributed by atoms with Crippen molar-refractivity contribution in [2.45, 2.75) is 0 Å². The number of carbonyl (C=O) groups excluding carboxylic acids is 2. The van der Waals surface area contributed by atoms with E-state index in [2.05, 4.69) is 0 Å². The van der Waals surface area contributed by atoms with Gasteiger partial charge in [0.25, 0.3) is 11.8 Å². The van der Waals surface area contributed by atoms with Crippen LogP contribution in [-0.2, 0) is 9.59 Å². The van der Waals surface area contributed by atoms with E-state index in [0.29, 0.717) is 6.34 Å². The van der Waals surface area contributed by atoms with E-state index in [1.165, 1.54) is 0 Å². The molecule has 0 unspecified atom stereocenters. The van der Waals surface area contributed by atoms with Gasteiger partial charge in [-0.1, -0.05) is 0 Å². The van der Waals surface area contributed by atoms with Gasteiger partial charge in [-0.2, -0.15) is 0 Å². The molecule has 1 heterocycles. The van der Waals surface area contributed by atoms with Crippen molar-refractivity contribution in [1.29, 1.82) is 5.41 Å². The van der Waals surface area contributed by atoms with Crippen molar-refractivity contribution >= 4 is 18.2 Å². The van der Waals surface area contributed by atoms with Gasteiger partial charge in [0.15, 0.2) is 0 Å². The Morgan fingerprint density at radius 3 is 2.00 bits per heavy atom. The summed E-state index contributed by atoms with van der Waals surface area (Å²) in [6.45, 7) is 0. The average molecular weight is 124 g/mol. The van der Waals surface area contributed by atoms with Crippen molar-refractivity contribution in [3.05, 3.63) is 12.2 Å². The van der Waals surface area contributed by atoms with Gasteiger partial charge in [-0.25, -0.2) is 4.90 Å². The normalized spacial score (nSPS) is 17.1. The third-order valence-corrected chi connectivity index (χ3v) is 0.972. The molecule has 9 heavy (non-hydrogen) atoms. The molecule has 1 N–H and O–H groups in total. The third-order valence-electron chi connectivity index (χ3n) is 0.972. The van der Waals surface area contributed by atoms with Gasteiger partial charge in [-0.15, -0.1) is 0 Å². The van der Waals surface area contributed by atoms with E-state index in [1.807, 2.05) is 0 Å². The quantitative estimate of drug-likeness (QED) is 0.291. The molecule has 0 saturated carbocycles. The highest BCUT2D eigenvalue weighted by atomic mass is 16.2. The molecule has 0 fully saturated rings. The van der Waals surface area contributed by atoms with Gasteiger partial charge in [0.05, 0.1) is 6.34 Å². The molecular formula is C5H4N2O2. The molecule has 0 atom stereocenters. The fraction of sp³-hybridized carbons (Fsp3) is 0. The van der Waals surface area contributed by atoms with Crippen LogP contribution in [0.2, 0.25) is 0 Å². The van der Waals surface area contributed by atoms with Crippen LogP contribution in [0.25, 0.3) is 0 Å². The van der Waals surface area contributed by atoms with Gasteiger partial charge in [0.1, 0.15) is 0 Å². The first-order valence-corrected chi connectivity index (χ1v) is 2.31. The highest BCUT2D eigenvalue weighted by Crippen LogP contribution is 1.98. The van der Waals surface area contributed by atoms with Crippen LogP contribution in [0, 0.1) is 5.41 Å². The summed E-state index contributed by atoms with van der Waals surface area (Å²) in [6.07, 6.45) is 2.96. The molecule has 4 nitrogen and oxygen atoms in total. The molecule has 0 spiro atoms. The maximum Gasteiger partial charge on any atom is 0.258 e. The van der Waals surface area contributed by atoms with Gasteiger partial charge in [0, 0.05) is 12.2 Å². The lowest BCUT2D eigenvalue weighted by Crippen LogP contribution is -2.27. The van der Waals surface area contributed by atoms with Crippen LogP contribution in [0.5, 0.6) is 0 Å². The van der Waals surface area contributed by atoms with Crippen LogP contribution >= 0.6 is 0 Å². The summed E-state index contributed by atoms with van der Waals surface area (Å²) in [4.78, 5) is 21.7. The summed E-state index contributed by atoms with van der Waals surface area (Å²) in [5.74, 6) is -0.898.